The molecule has 0 bridgehead atoms. The number of para-hydroxylation sites is 8. The number of phenols is 2. The molecule has 0 unspecified atom stereocenters. The first-order chi connectivity index (χ1) is 34.4. The number of rotatable bonds is 5. The number of aromatic hydroxyl groups is 2. The van der Waals surface area contributed by atoms with E-state index >= 15 is 0 Å². The fourth-order valence-corrected chi connectivity index (χ4v) is 8.46. The minimum absolute atomic E-state index is 0.0524. The average Bonchev–Trinajstić information content (AvgIpc) is 4.26. The van der Waals surface area contributed by atoms with Gasteiger partial charge in [0.1, 0.15) is 44.6 Å². The lowest BCUT2D eigenvalue weighted by Crippen LogP contribution is -1.90. The first-order valence-electron chi connectivity index (χ1n) is 21.6. The second-order valence-corrected chi connectivity index (χ2v) is 15.9. The molecule has 0 aliphatic carbocycles. The highest BCUT2D eigenvalue weighted by atomic mass is 16.4. The van der Waals surface area contributed by atoms with E-state index in [1.54, 1.807) is 36.4 Å². The number of anilines is 2. The minimum Gasteiger partial charge on any atom is -0.505 e. The molecule has 0 spiro atoms. The molecule has 0 aliphatic rings. The smallest absolute Gasteiger partial charge is 0.284 e. The van der Waals surface area contributed by atoms with Crippen molar-refractivity contribution in [1.82, 2.24) is 29.9 Å². The van der Waals surface area contributed by atoms with Gasteiger partial charge >= 0.3 is 0 Å². The second-order valence-electron chi connectivity index (χ2n) is 15.9. The second kappa shape index (κ2) is 16.9. The predicted molar refractivity (Wildman–Crippen MR) is 264 cm³/mol. The quantitative estimate of drug-likeness (QED) is 0.0925. The number of phenolic OH excluding ortho intramolecular Hbond substituents is 2. The highest BCUT2D eigenvalue weighted by molar-refractivity contribution is 6.02. The summed E-state index contributed by atoms with van der Waals surface area (Å²) in [6.45, 7) is 0. The Labute approximate surface area is 393 Å². The molecule has 70 heavy (non-hydrogen) atoms. The number of hydrogen-bond donors (Lipinski definition) is 4. The van der Waals surface area contributed by atoms with Crippen molar-refractivity contribution in [2.24, 2.45) is 0 Å². The van der Waals surface area contributed by atoms with Gasteiger partial charge < -0.3 is 48.2 Å². The lowest BCUT2D eigenvalue weighted by atomic mass is 10.0. The summed E-state index contributed by atoms with van der Waals surface area (Å²) in [6, 6.07) is 44.9. The molecule has 16 nitrogen and oxygen atoms in total. The monoisotopic (exact) mass is 922 g/mol. The molecular weight excluding hydrogens is 889 g/mol. The standard InChI is InChI=1S/C28H14N4O4.C14H8N2O2.C12H12N2O2/c1-5-15(23-19(9-1)29-13-33-23)17-7-3-11-21-25(17)35-27(31-21)28-32-22-12-4-8-18(26(22)36-28)16-6-2-10-20-24(16)34-14-30-20;1-3-9(13-11(5-1)15-7-17-13)10-4-2-6-12-14(10)18-8-16-12;13-9-5-1-3-7(11(9)15)8-4-2-6-10(14)12(8)16/h1-14H;1-8H;1-6,15-16H,13-14H2. The molecule has 338 valence electrons. The highest BCUT2D eigenvalue weighted by Crippen LogP contribution is 2.42. The number of benzene rings is 8. The maximum atomic E-state index is 9.79. The third-order valence-corrected chi connectivity index (χ3v) is 11.7. The zero-order valence-electron chi connectivity index (χ0n) is 36.3. The number of nitrogens with zero attached hydrogens (tertiary/aromatic N) is 6. The van der Waals surface area contributed by atoms with Crippen LogP contribution in [-0.4, -0.2) is 40.1 Å². The first-order valence-corrected chi connectivity index (χ1v) is 21.6. The van der Waals surface area contributed by atoms with E-state index in [4.69, 9.17) is 38.0 Å². The Morgan fingerprint density at radius 2 is 0.557 bits per heavy atom. The first kappa shape index (κ1) is 41.2. The van der Waals surface area contributed by atoms with Gasteiger partial charge in [-0.3, -0.25) is 0 Å². The molecule has 0 saturated heterocycles. The summed E-state index contributed by atoms with van der Waals surface area (Å²) in [7, 11) is 0. The topological polar surface area (TPSA) is 249 Å². The van der Waals surface area contributed by atoms with Crippen molar-refractivity contribution in [3.8, 4) is 67.8 Å². The van der Waals surface area contributed by atoms with Crippen molar-refractivity contribution in [3.05, 3.63) is 171 Å². The number of nitrogens with two attached hydrogens (primary N) is 2. The summed E-state index contributed by atoms with van der Waals surface area (Å²) in [4.78, 5) is 26.2. The fraction of sp³-hybridized carbons (Fsp3) is 0. The van der Waals surface area contributed by atoms with Gasteiger partial charge in [-0.15, -0.1) is 0 Å². The Morgan fingerprint density at radius 3 is 0.871 bits per heavy atom. The van der Waals surface area contributed by atoms with Crippen LogP contribution in [0.25, 0.3) is 123 Å². The lowest BCUT2D eigenvalue weighted by Gasteiger charge is -2.09. The maximum absolute atomic E-state index is 9.79. The van der Waals surface area contributed by atoms with Crippen LogP contribution >= 0.6 is 0 Å². The normalized spacial score (nSPS) is 11.4. The Balaban J connectivity index is 0.000000124. The molecule has 0 amide bonds. The lowest BCUT2D eigenvalue weighted by molar-refractivity contribution is 0.472. The van der Waals surface area contributed by atoms with Gasteiger partial charge in [0.2, 0.25) is 0 Å². The van der Waals surface area contributed by atoms with Crippen LogP contribution in [0.3, 0.4) is 0 Å². The van der Waals surface area contributed by atoms with Gasteiger partial charge in [0.15, 0.2) is 59.1 Å². The van der Waals surface area contributed by atoms with Crippen LogP contribution in [0.4, 0.5) is 11.4 Å². The van der Waals surface area contributed by atoms with Crippen LogP contribution in [0.2, 0.25) is 0 Å². The van der Waals surface area contributed by atoms with Crippen molar-refractivity contribution in [2.45, 2.75) is 0 Å². The van der Waals surface area contributed by atoms with Crippen LogP contribution in [0, 0.1) is 0 Å². The summed E-state index contributed by atoms with van der Waals surface area (Å²) in [6.07, 6.45) is 5.79. The van der Waals surface area contributed by atoms with Crippen molar-refractivity contribution in [1.29, 1.82) is 0 Å². The Bertz CT molecular complexity index is 3970. The van der Waals surface area contributed by atoms with E-state index in [0.29, 0.717) is 56.3 Å². The zero-order chi connectivity index (χ0) is 47.3. The van der Waals surface area contributed by atoms with Crippen molar-refractivity contribution >= 4 is 78.0 Å². The van der Waals surface area contributed by atoms with E-state index in [0.717, 1.165) is 66.6 Å². The maximum Gasteiger partial charge on any atom is 0.284 e. The van der Waals surface area contributed by atoms with Gasteiger partial charge in [0.05, 0.1) is 11.4 Å². The van der Waals surface area contributed by atoms with Crippen LogP contribution < -0.4 is 11.5 Å². The van der Waals surface area contributed by atoms with Crippen LogP contribution in [0.1, 0.15) is 0 Å². The summed E-state index contributed by atoms with van der Waals surface area (Å²) < 4.78 is 34.7. The molecule has 8 aromatic carbocycles. The van der Waals surface area contributed by atoms with Crippen molar-refractivity contribution < 1.29 is 36.7 Å². The fourth-order valence-electron chi connectivity index (χ4n) is 8.46. The number of fused-ring (bicyclic) bond motifs is 6. The molecule has 0 radical (unpaired) electrons. The third-order valence-electron chi connectivity index (χ3n) is 11.7. The number of aromatic nitrogens is 6. The van der Waals surface area contributed by atoms with E-state index in [-0.39, 0.29) is 22.9 Å². The van der Waals surface area contributed by atoms with Gasteiger partial charge in [0, 0.05) is 44.5 Å². The van der Waals surface area contributed by atoms with E-state index in [1.165, 1.54) is 25.6 Å². The summed E-state index contributed by atoms with van der Waals surface area (Å²) in [5.74, 6) is 0.483. The molecule has 14 aromatic rings. The summed E-state index contributed by atoms with van der Waals surface area (Å²) >= 11 is 0. The molecule has 0 fully saturated rings. The predicted octanol–water partition coefficient (Wildman–Crippen LogP) is 12.8. The average molecular weight is 923 g/mol. The molecule has 0 atom stereocenters. The van der Waals surface area contributed by atoms with E-state index in [9.17, 15) is 10.2 Å². The van der Waals surface area contributed by atoms with Crippen LogP contribution in [-0.2, 0) is 0 Å². The Kier molecular flexibility index (Phi) is 9.95. The number of oxazole rings is 6. The third kappa shape index (κ3) is 7.12. The van der Waals surface area contributed by atoms with Crippen molar-refractivity contribution in [3.63, 3.8) is 0 Å². The Morgan fingerprint density at radius 1 is 0.300 bits per heavy atom. The van der Waals surface area contributed by atoms with Crippen LogP contribution in [0.15, 0.2) is 198 Å². The minimum atomic E-state index is -0.0524. The number of hydrogen-bond acceptors (Lipinski definition) is 16. The van der Waals surface area contributed by atoms with E-state index in [1.807, 2.05) is 109 Å². The van der Waals surface area contributed by atoms with Crippen LogP contribution in [0.5, 0.6) is 11.5 Å². The summed E-state index contributed by atoms with van der Waals surface area (Å²) in [5.41, 5.74) is 26.7. The van der Waals surface area contributed by atoms with E-state index < -0.39 is 0 Å². The molecule has 6 aromatic heterocycles. The van der Waals surface area contributed by atoms with Gasteiger partial charge in [0.25, 0.3) is 11.8 Å². The molecule has 6 N–H and O–H groups in total. The molecule has 6 heterocycles. The zero-order valence-corrected chi connectivity index (χ0v) is 36.3. The summed E-state index contributed by atoms with van der Waals surface area (Å²) in [5, 5.41) is 19.6. The van der Waals surface area contributed by atoms with Gasteiger partial charge in [-0.25, -0.2) is 29.9 Å². The van der Waals surface area contributed by atoms with Gasteiger partial charge in [-0.1, -0.05) is 97.1 Å². The molecular formula is C54H34N8O8. The SMILES string of the molecule is Nc1cccc(-c2cccc(N)c2O)c1O.c1cc(-c2cccc3nc(-c4nc5cccc(-c6cccc7ncoc67)c5o4)oc23)c2ocnc2c1.c1cc(-c2cccc3ncoc23)c2ocnc2c1. The highest BCUT2D eigenvalue weighted by Gasteiger charge is 2.22. The van der Waals surface area contributed by atoms with Gasteiger partial charge in [-0.2, -0.15) is 0 Å². The largest absolute Gasteiger partial charge is 0.505 e. The van der Waals surface area contributed by atoms with Crippen molar-refractivity contribution in [2.75, 3.05) is 11.5 Å². The Hall–Kier alpha value is -10.2. The van der Waals surface area contributed by atoms with E-state index in [2.05, 4.69) is 29.9 Å². The molecule has 0 saturated carbocycles. The van der Waals surface area contributed by atoms with Gasteiger partial charge in [-0.05, 0) is 48.5 Å². The number of nitrogen functional groups attached to an aromatic ring is 2. The molecule has 16 heteroatoms. The molecule has 0 aliphatic heterocycles. The molecule has 14 rings (SSSR count).